The predicted molar refractivity (Wildman–Crippen MR) is 99.5 cm³/mol. The average Bonchev–Trinajstić information content (AvgIpc) is 2.62. The van der Waals surface area contributed by atoms with Crippen molar-refractivity contribution in [3.8, 4) is 11.1 Å². The summed E-state index contributed by atoms with van der Waals surface area (Å²) < 4.78 is 66.7. The van der Waals surface area contributed by atoms with Gasteiger partial charge in [-0.25, -0.2) is 18.4 Å². The molecular weight excluding hydrogens is 415 g/mol. The summed E-state index contributed by atoms with van der Waals surface area (Å²) in [5.74, 6) is -2.10. The van der Waals surface area contributed by atoms with Crippen molar-refractivity contribution >= 4 is 27.4 Å². The third-order valence-electron chi connectivity index (χ3n) is 3.74. The summed E-state index contributed by atoms with van der Waals surface area (Å²) in [5, 5.41) is -0.517. The molecule has 2 aromatic carbocycles. The number of anilines is 1. The summed E-state index contributed by atoms with van der Waals surface area (Å²) in [6, 6.07) is 13.8. The number of hydrogen-bond donors (Lipinski definition) is 1. The molecular formula is C18H13ClF3N3O2S. The van der Waals surface area contributed by atoms with Crippen LogP contribution in [0.4, 0.5) is 19.0 Å². The van der Waals surface area contributed by atoms with Crippen LogP contribution < -0.4 is 4.72 Å². The second-order valence-electron chi connectivity index (χ2n) is 5.84. The first-order chi connectivity index (χ1) is 13.1. The number of aryl methyl sites for hydroxylation is 1. The lowest BCUT2D eigenvalue weighted by atomic mass is 10.1. The highest BCUT2D eigenvalue weighted by molar-refractivity contribution is 7.92. The molecule has 0 atom stereocenters. The average molecular weight is 428 g/mol. The molecule has 0 saturated carbocycles. The molecule has 1 heterocycles. The largest absolute Gasteiger partial charge is 0.451 e. The van der Waals surface area contributed by atoms with Gasteiger partial charge in [-0.15, -0.1) is 0 Å². The normalized spacial score (nSPS) is 12.0. The van der Waals surface area contributed by atoms with Gasteiger partial charge in [0.15, 0.2) is 5.82 Å². The van der Waals surface area contributed by atoms with Crippen molar-refractivity contribution in [1.29, 1.82) is 0 Å². The first-order valence-electron chi connectivity index (χ1n) is 7.87. The molecule has 1 N–H and O–H groups in total. The van der Waals surface area contributed by atoms with Crippen LogP contribution >= 0.6 is 11.6 Å². The zero-order valence-electron chi connectivity index (χ0n) is 14.3. The molecule has 28 heavy (non-hydrogen) atoms. The van der Waals surface area contributed by atoms with E-state index in [1.807, 2.05) is 6.92 Å². The number of hydrogen-bond acceptors (Lipinski definition) is 4. The standard InChI is InChI=1S/C18H13ClF3N3O2S/c1-11-7-9-12(10-8-11)14-15(19)23-17(18(20,21)22)24-16(14)25-28(26,27)13-5-3-2-4-6-13/h2-10H,1H3,(H,23,24,25). The molecule has 0 spiro atoms. The fourth-order valence-electron chi connectivity index (χ4n) is 2.40. The Morgan fingerprint density at radius 2 is 1.57 bits per heavy atom. The molecule has 10 heteroatoms. The SMILES string of the molecule is Cc1ccc(-c2c(Cl)nc(C(F)(F)F)nc2NS(=O)(=O)c2ccccc2)cc1. The van der Waals surface area contributed by atoms with Gasteiger partial charge in [0.2, 0.25) is 5.82 Å². The predicted octanol–water partition coefficient (Wildman–Crippen LogP) is 4.93. The highest BCUT2D eigenvalue weighted by Crippen LogP contribution is 2.37. The maximum Gasteiger partial charge on any atom is 0.451 e. The van der Waals surface area contributed by atoms with Crippen molar-refractivity contribution in [2.45, 2.75) is 18.0 Å². The molecule has 0 aliphatic heterocycles. The summed E-state index contributed by atoms with van der Waals surface area (Å²) in [6.07, 6.45) is -4.90. The fourth-order valence-corrected chi connectivity index (χ4v) is 3.71. The number of alkyl halides is 3. The summed E-state index contributed by atoms with van der Waals surface area (Å²) in [5.41, 5.74) is 1.23. The Morgan fingerprint density at radius 1 is 0.964 bits per heavy atom. The Kier molecular flexibility index (Phi) is 5.31. The molecule has 0 amide bonds. The minimum atomic E-state index is -4.90. The van der Waals surface area contributed by atoms with Crippen molar-refractivity contribution in [3.05, 3.63) is 71.1 Å². The van der Waals surface area contributed by atoms with Gasteiger partial charge in [0.25, 0.3) is 10.0 Å². The summed E-state index contributed by atoms with van der Waals surface area (Å²) in [6.45, 7) is 1.83. The van der Waals surface area contributed by atoms with Gasteiger partial charge < -0.3 is 0 Å². The molecule has 146 valence electrons. The van der Waals surface area contributed by atoms with E-state index in [0.717, 1.165) is 5.56 Å². The molecule has 5 nitrogen and oxygen atoms in total. The lowest BCUT2D eigenvalue weighted by Crippen LogP contribution is -2.18. The molecule has 0 aliphatic rings. The molecule has 1 aromatic heterocycles. The van der Waals surface area contributed by atoms with E-state index in [2.05, 4.69) is 14.7 Å². The van der Waals surface area contributed by atoms with E-state index in [1.165, 1.54) is 24.3 Å². The first-order valence-corrected chi connectivity index (χ1v) is 9.74. The number of nitrogens with zero attached hydrogens (tertiary/aromatic N) is 2. The lowest BCUT2D eigenvalue weighted by molar-refractivity contribution is -0.144. The van der Waals surface area contributed by atoms with Crippen LogP contribution in [0.15, 0.2) is 59.5 Å². The number of nitrogens with one attached hydrogen (secondary N) is 1. The maximum absolute atomic E-state index is 13.1. The second-order valence-corrected chi connectivity index (χ2v) is 7.88. The zero-order chi connectivity index (χ0) is 20.5. The van der Waals surface area contributed by atoms with Crippen LogP contribution in [0, 0.1) is 6.92 Å². The van der Waals surface area contributed by atoms with E-state index in [0.29, 0.717) is 5.56 Å². The number of rotatable bonds is 4. The summed E-state index contributed by atoms with van der Waals surface area (Å²) in [7, 11) is -4.20. The minimum absolute atomic E-state index is 0.0471. The number of aromatic nitrogens is 2. The molecule has 0 aliphatic carbocycles. The number of sulfonamides is 1. The Bertz CT molecular complexity index is 1100. The quantitative estimate of drug-likeness (QED) is 0.599. The second kappa shape index (κ2) is 7.40. The van der Waals surface area contributed by atoms with Crippen molar-refractivity contribution < 1.29 is 21.6 Å². The molecule has 0 unspecified atom stereocenters. The van der Waals surface area contributed by atoms with Gasteiger partial charge in [-0.05, 0) is 24.6 Å². The molecule has 0 radical (unpaired) electrons. The van der Waals surface area contributed by atoms with Crippen molar-refractivity contribution in [2.75, 3.05) is 4.72 Å². The van der Waals surface area contributed by atoms with E-state index in [4.69, 9.17) is 11.6 Å². The van der Waals surface area contributed by atoms with Gasteiger partial charge in [-0.1, -0.05) is 59.6 Å². The van der Waals surface area contributed by atoms with Crippen LogP contribution in [-0.4, -0.2) is 18.4 Å². The van der Waals surface area contributed by atoms with Crippen molar-refractivity contribution in [1.82, 2.24) is 9.97 Å². The van der Waals surface area contributed by atoms with Crippen LogP contribution in [0.1, 0.15) is 11.4 Å². The molecule has 3 aromatic rings. The van der Waals surface area contributed by atoms with Crippen LogP contribution in [0.3, 0.4) is 0 Å². The molecule has 3 rings (SSSR count). The van der Waals surface area contributed by atoms with Crippen LogP contribution in [-0.2, 0) is 16.2 Å². The van der Waals surface area contributed by atoms with E-state index in [-0.39, 0.29) is 10.5 Å². The van der Waals surface area contributed by atoms with Crippen molar-refractivity contribution in [3.63, 3.8) is 0 Å². The topological polar surface area (TPSA) is 72.0 Å². The van der Waals surface area contributed by atoms with E-state index >= 15 is 0 Å². The number of halogens is 4. The van der Waals surface area contributed by atoms with E-state index in [9.17, 15) is 21.6 Å². The van der Waals surface area contributed by atoms with Gasteiger partial charge in [-0.2, -0.15) is 13.2 Å². The highest BCUT2D eigenvalue weighted by atomic mass is 35.5. The Hall–Kier alpha value is -2.65. The van der Waals surface area contributed by atoms with Crippen LogP contribution in [0.25, 0.3) is 11.1 Å². The smallest absolute Gasteiger partial charge is 0.263 e. The Balaban J connectivity index is 2.19. The summed E-state index contributed by atoms with van der Waals surface area (Å²) in [4.78, 5) is 6.57. The molecule has 0 saturated heterocycles. The van der Waals surface area contributed by atoms with Gasteiger partial charge in [0.1, 0.15) is 5.15 Å². The first kappa shape index (κ1) is 20.1. The highest BCUT2D eigenvalue weighted by Gasteiger charge is 2.37. The van der Waals surface area contributed by atoms with Gasteiger partial charge >= 0.3 is 6.18 Å². The third-order valence-corrected chi connectivity index (χ3v) is 5.37. The molecule has 0 bridgehead atoms. The van der Waals surface area contributed by atoms with Crippen LogP contribution in [0.2, 0.25) is 5.15 Å². The van der Waals surface area contributed by atoms with E-state index < -0.39 is 33.0 Å². The maximum atomic E-state index is 13.1. The molecule has 0 fully saturated rings. The zero-order valence-corrected chi connectivity index (χ0v) is 15.9. The monoisotopic (exact) mass is 427 g/mol. The van der Waals surface area contributed by atoms with E-state index in [1.54, 1.807) is 30.3 Å². The van der Waals surface area contributed by atoms with Crippen molar-refractivity contribution in [2.24, 2.45) is 0 Å². The Labute approximate surface area is 164 Å². The Morgan fingerprint density at radius 3 is 2.14 bits per heavy atom. The third kappa shape index (κ3) is 4.26. The lowest BCUT2D eigenvalue weighted by Gasteiger charge is -2.15. The fraction of sp³-hybridized carbons (Fsp3) is 0.111. The van der Waals surface area contributed by atoms with Gasteiger partial charge in [-0.3, -0.25) is 4.72 Å². The minimum Gasteiger partial charge on any atom is -0.263 e. The van der Waals surface area contributed by atoms with Gasteiger partial charge in [0.05, 0.1) is 10.5 Å². The van der Waals surface area contributed by atoms with Gasteiger partial charge in [0, 0.05) is 0 Å². The summed E-state index contributed by atoms with van der Waals surface area (Å²) >= 11 is 6.00. The van der Waals surface area contributed by atoms with Crippen LogP contribution in [0.5, 0.6) is 0 Å². The number of benzene rings is 2.